The van der Waals surface area contributed by atoms with Gasteiger partial charge in [0.1, 0.15) is 11.4 Å². The summed E-state index contributed by atoms with van der Waals surface area (Å²) < 4.78 is 10.3. The van der Waals surface area contributed by atoms with Gasteiger partial charge in [-0.05, 0) is 44.9 Å². The quantitative estimate of drug-likeness (QED) is 0.848. The molecule has 0 aromatic heterocycles. The van der Waals surface area contributed by atoms with Gasteiger partial charge in [0.2, 0.25) is 0 Å². The minimum atomic E-state index is -0.675. The molecule has 0 spiro atoms. The molecule has 0 fully saturated rings. The molecule has 1 amide bonds. The zero-order valence-corrected chi connectivity index (χ0v) is 14.1. The first-order valence-corrected chi connectivity index (χ1v) is 7.55. The number of nitrogens with one attached hydrogen (secondary N) is 1. The monoisotopic (exact) mass is 309 g/mol. The maximum Gasteiger partial charge on any atom is 0.407 e. The molecule has 1 aromatic rings. The fourth-order valence-corrected chi connectivity index (χ4v) is 2.07. The number of carbonyl (C=O) groups is 1. The Balaban J connectivity index is 2.59. The number of amides is 1. The van der Waals surface area contributed by atoms with Crippen molar-refractivity contribution in [3.8, 4) is 5.75 Å². The first kappa shape index (κ1) is 18.3. The lowest BCUT2D eigenvalue weighted by Crippen LogP contribution is -2.45. The summed E-state index contributed by atoms with van der Waals surface area (Å²) in [6.07, 6.45) is -0.103. The first-order chi connectivity index (χ1) is 10.2. The van der Waals surface area contributed by atoms with E-state index in [1.54, 1.807) is 27.9 Å². The van der Waals surface area contributed by atoms with Crippen LogP contribution in [0, 0.1) is 0 Å². The lowest BCUT2D eigenvalue weighted by atomic mass is 10.0. The lowest BCUT2D eigenvalue weighted by Gasteiger charge is -2.26. The third-order valence-corrected chi connectivity index (χ3v) is 3.21. The minimum Gasteiger partial charge on any atom is -0.497 e. The van der Waals surface area contributed by atoms with Crippen LogP contribution in [-0.4, -0.2) is 36.1 Å². The third kappa shape index (κ3) is 6.35. The number of rotatable bonds is 6. The summed E-state index contributed by atoms with van der Waals surface area (Å²) in [7, 11) is 1.61. The summed E-state index contributed by atoms with van der Waals surface area (Å²) in [6.45, 7) is 7.34. The van der Waals surface area contributed by atoms with E-state index in [4.69, 9.17) is 9.47 Å². The number of methoxy groups -OCH3 is 1. The second-order valence-corrected chi connectivity index (χ2v) is 6.28. The molecule has 22 heavy (non-hydrogen) atoms. The Labute approximate surface area is 132 Å². The molecule has 2 N–H and O–H groups in total. The average molecular weight is 309 g/mol. The van der Waals surface area contributed by atoms with Crippen LogP contribution in [0.3, 0.4) is 0 Å². The van der Waals surface area contributed by atoms with Gasteiger partial charge in [-0.15, -0.1) is 0 Å². The van der Waals surface area contributed by atoms with E-state index in [1.807, 2.05) is 31.2 Å². The Bertz CT molecular complexity index is 465. The number of hydrogen-bond acceptors (Lipinski definition) is 4. The topological polar surface area (TPSA) is 67.8 Å². The van der Waals surface area contributed by atoms with Crippen LogP contribution in [0.15, 0.2) is 24.3 Å². The SMILES string of the molecule is CC[C@H](NC(=O)OC(C)(C)C)[C@H](O)Cc1ccc(OC)cc1. The Hall–Kier alpha value is -1.75. The van der Waals surface area contributed by atoms with E-state index in [0.717, 1.165) is 11.3 Å². The highest BCUT2D eigenvalue weighted by Crippen LogP contribution is 2.15. The van der Waals surface area contributed by atoms with E-state index < -0.39 is 17.8 Å². The molecule has 5 nitrogen and oxygen atoms in total. The van der Waals surface area contributed by atoms with Gasteiger partial charge >= 0.3 is 6.09 Å². The van der Waals surface area contributed by atoms with Gasteiger partial charge in [0.05, 0.1) is 19.3 Å². The van der Waals surface area contributed by atoms with Crippen LogP contribution in [0.5, 0.6) is 5.75 Å². The van der Waals surface area contributed by atoms with Crippen molar-refractivity contribution in [3.63, 3.8) is 0 Å². The van der Waals surface area contributed by atoms with Crippen LogP contribution in [0.2, 0.25) is 0 Å². The van der Waals surface area contributed by atoms with Gasteiger partial charge in [0, 0.05) is 6.42 Å². The largest absolute Gasteiger partial charge is 0.497 e. The Morgan fingerprint density at radius 1 is 1.27 bits per heavy atom. The molecule has 0 aliphatic heterocycles. The third-order valence-electron chi connectivity index (χ3n) is 3.21. The number of aliphatic hydroxyl groups excluding tert-OH is 1. The number of alkyl carbamates (subject to hydrolysis) is 1. The maximum absolute atomic E-state index is 11.8. The van der Waals surface area contributed by atoms with Crippen LogP contribution in [0.1, 0.15) is 39.7 Å². The van der Waals surface area contributed by atoms with Crippen LogP contribution in [-0.2, 0) is 11.2 Å². The molecule has 0 radical (unpaired) electrons. The van der Waals surface area contributed by atoms with E-state index in [-0.39, 0.29) is 6.04 Å². The number of benzene rings is 1. The van der Waals surface area contributed by atoms with E-state index in [0.29, 0.717) is 12.8 Å². The molecule has 0 aliphatic rings. The second-order valence-electron chi connectivity index (χ2n) is 6.28. The molecule has 0 unspecified atom stereocenters. The number of hydrogen-bond donors (Lipinski definition) is 2. The van der Waals surface area contributed by atoms with Crippen molar-refractivity contribution in [1.29, 1.82) is 0 Å². The predicted molar refractivity (Wildman–Crippen MR) is 86.2 cm³/mol. The number of carbonyl (C=O) groups excluding carboxylic acids is 1. The molecule has 2 atom stereocenters. The zero-order chi connectivity index (χ0) is 16.8. The normalized spacial score (nSPS) is 14.1. The summed E-state index contributed by atoms with van der Waals surface area (Å²) >= 11 is 0. The summed E-state index contributed by atoms with van der Waals surface area (Å²) in [4.78, 5) is 11.8. The summed E-state index contributed by atoms with van der Waals surface area (Å²) in [6, 6.07) is 7.16. The highest BCUT2D eigenvalue weighted by molar-refractivity contribution is 5.68. The zero-order valence-electron chi connectivity index (χ0n) is 14.1. The number of ether oxygens (including phenoxy) is 2. The van der Waals surface area contributed by atoms with Gasteiger partial charge in [-0.1, -0.05) is 19.1 Å². The molecule has 0 heterocycles. The van der Waals surface area contributed by atoms with Crippen molar-refractivity contribution in [1.82, 2.24) is 5.32 Å². The summed E-state index contributed by atoms with van der Waals surface area (Å²) in [5.74, 6) is 0.775. The Kier molecular flexibility index (Phi) is 6.68. The molecule has 1 aromatic carbocycles. The first-order valence-electron chi connectivity index (χ1n) is 7.55. The fraction of sp³-hybridized carbons (Fsp3) is 0.588. The molecule has 0 aliphatic carbocycles. The maximum atomic E-state index is 11.8. The van der Waals surface area contributed by atoms with Gasteiger partial charge in [0.15, 0.2) is 0 Å². The second kappa shape index (κ2) is 8.03. The van der Waals surface area contributed by atoms with Gasteiger partial charge in [-0.25, -0.2) is 4.79 Å². The van der Waals surface area contributed by atoms with Crippen molar-refractivity contribution >= 4 is 6.09 Å². The molecular weight excluding hydrogens is 282 g/mol. The molecular formula is C17H27NO4. The average Bonchev–Trinajstić information content (AvgIpc) is 2.43. The summed E-state index contributed by atoms with van der Waals surface area (Å²) in [5.41, 5.74) is 0.432. The van der Waals surface area contributed by atoms with Gasteiger partial charge < -0.3 is 19.9 Å². The summed E-state index contributed by atoms with van der Waals surface area (Å²) in [5, 5.41) is 13.1. The molecule has 0 saturated heterocycles. The molecule has 124 valence electrons. The van der Waals surface area contributed by atoms with Crippen LogP contribution in [0.4, 0.5) is 4.79 Å². The van der Waals surface area contributed by atoms with Crippen molar-refractivity contribution < 1.29 is 19.4 Å². The van der Waals surface area contributed by atoms with Crippen molar-refractivity contribution in [2.24, 2.45) is 0 Å². The van der Waals surface area contributed by atoms with Crippen molar-refractivity contribution in [3.05, 3.63) is 29.8 Å². The molecule has 1 rings (SSSR count). The molecule has 5 heteroatoms. The van der Waals surface area contributed by atoms with Crippen LogP contribution in [0.25, 0.3) is 0 Å². The Morgan fingerprint density at radius 2 is 1.86 bits per heavy atom. The van der Waals surface area contributed by atoms with E-state index in [1.165, 1.54) is 0 Å². The standard InChI is InChI=1S/C17H27NO4/c1-6-14(18-16(20)22-17(2,3)4)15(19)11-12-7-9-13(21-5)10-8-12/h7-10,14-15,19H,6,11H2,1-5H3,(H,18,20)/t14-,15+/m0/s1. The van der Waals surface area contributed by atoms with Crippen molar-refractivity contribution in [2.45, 2.75) is 58.3 Å². The predicted octanol–water partition coefficient (Wildman–Crippen LogP) is 2.90. The van der Waals surface area contributed by atoms with Crippen LogP contribution >= 0.6 is 0 Å². The smallest absolute Gasteiger partial charge is 0.407 e. The van der Waals surface area contributed by atoms with E-state index in [9.17, 15) is 9.90 Å². The van der Waals surface area contributed by atoms with Gasteiger partial charge in [0.25, 0.3) is 0 Å². The highest BCUT2D eigenvalue weighted by Gasteiger charge is 2.23. The van der Waals surface area contributed by atoms with Crippen LogP contribution < -0.4 is 10.1 Å². The lowest BCUT2D eigenvalue weighted by molar-refractivity contribution is 0.0419. The molecule has 0 saturated carbocycles. The van der Waals surface area contributed by atoms with Crippen molar-refractivity contribution in [2.75, 3.05) is 7.11 Å². The van der Waals surface area contributed by atoms with E-state index in [2.05, 4.69) is 5.32 Å². The highest BCUT2D eigenvalue weighted by atomic mass is 16.6. The van der Waals surface area contributed by atoms with Gasteiger partial charge in [-0.2, -0.15) is 0 Å². The van der Waals surface area contributed by atoms with E-state index >= 15 is 0 Å². The minimum absolute atomic E-state index is 0.350. The fourth-order valence-electron chi connectivity index (χ4n) is 2.07. The Morgan fingerprint density at radius 3 is 2.32 bits per heavy atom. The number of aliphatic hydroxyl groups is 1. The van der Waals surface area contributed by atoms with Gasteiger partial charge in [-0.3, -0.25) is 0 Å². The molecule has 0 bridgehead atoms.